The molecule has 0 spiro atoms. The lowest BCUT2D eigenvalue weighted by molar-refractivity contribution is 0.0911. The van der Waals surface area contributed by atoms with E-state index in [1.54, 1.807) is 13.8 Å². The average Bonchev–Trinajstić information content (AvgIpc) is 2.97. The highest BCUT2D eigenvalue weighted by Gasteiger charge is 2.23. The molecule has 0 saturated heterocycles. The molecule has 0 bridgehead atoms. The van der Waals surface area contributed by atoms with E-state index in [-0.39, 0.29) is 29.7 Å². The summed E-state index contributed by atoms with van der Waals surface area (Å²) >= 11 is 0. The zero-order chi connectivity index (χ0) is 20.4. The van der Waals surface area contributed by atoms with E-state index in [2.05, 4.69) is 20.3 Å². The Bertz CT molecular complexity index is 1020. The number of carbonyl (C=O) groups excluding carboxylic acids is 1. The van der Waals surface area contributed by atoms with Crippen molar-refractivity contribution in [3.63, 3.8) is 0 Å². The lowest BCUT2D eigenvalue weighted by atomic mass is 10.0. The number of nitrogen functional groups attached to an aromatic ring is 1. The van der Waals surface area contributed by atoms with E-state index < -0.39 is 17.8 Å². The van der Waals surface area contributed by atoms with Gasteiger partial charge in [0, 0.05) is 11.3 Å². The third-order valence-corrected chi connectivity index (χ3v) is 4.45. The van der Waals surface area contributed by atoms with Gasteiger partial charge in [0.1, 0.15) is 17.2 Å². The molecular formula is C19H20FN5O3. The van der Waals surface area contributed by atoms with Crippen LogP contribution >= 0.6 is 0 Å². The van der Waals surface area contributed by atoms with Crippen molar-refractivity contribution in [2.24, 2.45) is 0 Å². The molecule has 0 aliphatic carbocycles. The molecule has 1 aromatic carbocycles. The number of amides is 1. The van der Waals surface area contributed by atoms with Crippen LogP contribution in [0.4, 0.5) is 10.3 Å². The molecule has 6 N–H and O–H groups in total. The van der Waals surface area contributed by atoms with Crippen molar-refractivity contribution in [3.05, 3.63) is 58.8 Å². The van der Waals surface area contributed by atoms with Gasteiger partial charge in [0.25, 0.3) is 5.91 Å². The predicted molar refractivity (Wildman–Crippen MR) is 101 cm³/mol. The Morgan fingerprint density at radius 3 is 2.64 bits per heavy atom. The number of hydrogen-bond acceptors (Lipinski definition) is 6. The van der Waals surface area contributed by atoms with Crippen LogP contribution in [0.15, 0.2) is 30.5 Å². The Labute approximate surface area is 160 Å². The van der Waals surface area contributed by atoms with Crippen molar-refractivity contribution in [2.45, 2.75) is 19.9 Å². The summed E-state index contributed by atoms with van der Waals surface area (Å²) in [7, 11) is 0. The summed E-state index contributed by atoms with van der Waals surface area (Å²) in [4.78, 5) is 23.5. The van der Waals surface area contributed by atoms with Crippen molar-refractivity contribution in [2.75, 3.05) is 12.3 Å². The Kier molecular flexibility index (Phi) is 5.27. The fourth-order valence-corrected chi connectivity index (χ4v) is 3.07. The van der Waals surface area contributed by atoms with Crippen molar-refractivity contribution < 1.29 is 19.4 Å². The highest BCUT2D eigenvalue weighted by Crippen LogP contribution is 2.34. The number of rotatable bonds is 5. The number of hydrogen-bond donors (Lipinski definition) is 5. The van der Waals surface area contributed by atoms with E-state index in [4.69, 9.17) is 5.73 Å². The van der Waals surface area contributed by atoms with E-state index in [1.807, 2.05) is 0 Å². The SMILES string of the molecule is Cc1[nH]c(C(=O)N[C@H](CO)c2ccc(F)cc2)c(C)c1-c1nc(N)ncc1O. The first kappa shape index (κ1) is 19.3. The minimum atomic E-state index is -0.706. The van der Waals surface area contributed by atoms with Crippen LogP contribution in [0.1, 0.15) is 33.4 Å². The smallest absolute Gasteiger partial charge is 0.268 e. The Morgan fingerprint density at radius 2 is 2.00 bits per heavy atom. The van der Waals surface area contributed by atoms with E-state index in [0.717, 1.165) is 0 Å². The largest absolute Gasteiger partial charge is 0.504 e. The summed E-state index contributed by atoms with van der Waals surface area (Å²) in [5.41, 5.74) is 8.36. The second-order valence-corrected chi connectivity index (χ2v) is 6.35. The number of nitrogens with zero attached hydrogens (tertiary/aromatic N) is 2. The van der Waals surface area contributed by atoms with Gasteiger partial charge in [-0.3, -0.25) is 4.79 Å². The van der Waals surface area contributed by atoms with Crippen LogP contribution in [0.2, 0.25) is 0 Å². The number of benzene rings is 1. The molecule has 146 valence electrons. The summed E-state index contributed by atoms with van der Waals surface area (Å²) in [6, 6.07) is 4.80. The molecular weight excluding hydrogens is 365 g/mol. The van der Waals surface area contributed by atoms with Gasteiger partial charge in [-0.25, -0.2) is 14.4 Å². The van der Waals surface area contributed by atoms with Gasteiger partial charge in [0.2, 0.25) is 5.95 Å². The van der Waals surface area contributed by atoms with E-state index in [1.165, 1.54) is 30.5 Å². The number of aliphatic hydroxyl groups is 1. The molecule has 9 heteroatoms. The number of aryl methyl sites for hydroxylation is 1. The molecule has 0 aliphatic heterocycles. The molecule has 2 heterocycles. The van der Waals surface area contributed by atoms with Gasteiger partial charge in [-0.05, 0) is 37.1 Å². The number of nitrogens with one attached hydrogen (secondary N) is 2. The van der Waals surface area contributed by atoms with Crippen molar-refractivity contribution in [1.29, 1.82) is 0 Å². The maximum absolute atomic E-state index is 13.1. The van der Waals surface area contributed by atoms with Gasteiger partial charge in [-0.1, -0.05) is 12.1 Å². The van der Waals surface area contributed by atoms with Gasteiger partial charge in [0.15, 0.2) is 5.75 Å². The summed E-state index contributed by atoms with van der Waals surface area (Å²) in [5.74, 6) is -1.03. The third-order valence-electron chi connectivity index (χ3n) is 4.45. The molecule has 28 heavy (non-hydrogen) atoms. The standard InChI is InChI=1S/C19H20FN5O3/c1-9-15(17-14(27)7-22-19(21)25-17)10(2)23-16(9)18(28)24-13(8-26)11-3-5-12(20)6-4-11/h3-7,13,23,26-27H,8H2,1-2H3,(H,24,28)(H2,21,22,25)/t13-/m1/s1. The highest BCUT2D eigenvalue weighted by molar-refractivity contribution is 5.97. The summed E-state index contributed by atoms with van der Waals surface area (Å²) in [5, 5.41) is 22.4. The second-order valence-electron chi connectivity index (χ2n) is 6.35. The van der Waals surface area contributed by atoms with E-state index in [9.17, 15) is 19.4 Å². The topological polar surface area (TPSA) is 137 Å². The first-order valence-corrected chi connectivity index (χ1v) is 8.50. The molecule has 1 amide bonds. The summed E-state index contributed by atoms with van der Waals surface area (Å²) < 4.78 is 13.1. The Balaban J connectivity index is 1.92. The van der Waals surface area contributed by atoms with Crippen LogP contribution in [0.5, 0.6) is 5.75 Å². The number of carbonyl (C=O) groups is 1. The normalized spacial score (nSPS) is 12.0. The predicted octanol–water partition coefficient (Wildman–Crippen LogP) is 1.98. The molecule has 0 radical (unpaired) electrons. The summed E-state index contributed by atoms with van der Waals surface area (Å²) in [6.45, 7) is 3.09. The van der Waals surface area contributed by atoms with Crippen molar-refractivity contribution in [3.8, 4) is 17.0 Å². The minimum absolute atomic E-state index is 0.00421. The molecule has 3 aromatic rings. The molecule has 0 fully saturated rings. The zero-order valence-corrected chi connectivity index (χ0v) is 15.3. The zero-order valence-electron chi connectivity index (χ0n) is 15.3. The van der Waals surface area contributed by atoms with Gasteiger partial charge < -0.3 is 26.2 Å². The quantitative estimate of drug-likeness (QED) is 0.455. The molecule has 2 aromatic heterocycles. The number of halogens is 1. The number of aromatic hydroxyl groups is 1. The van der Waals surface area contributed by atoms with Gasteiger partial charge in [-0.15, -0.1) is 0 Å². The van der Waals surface area contributed by atoms with Crippen LogP contribution in [-0.2, 0) is 0 Å². The van der Waals surface area contributed by atoms with Gasteiger partial charge in [-0.2, -0.15) is 0 Å². The van der Waals surface area contributed by atoms with Crippen LogP contribution < -0.4 is 11.1 Å². The van der Waals surface area contributed by atoms with Crippen LogP contribution in [0.3, 0.4) is 0 Å². The monoisotopic (exact) mass is 385 g/mol. The molecule has 0 aliphatic rings. The number of aromatic amines is 1. The lowest BCUT2D eigenvalue weighted by Gasteiger charge is -2.16. The highest BCUT2D eigenvalue weighted by atomic mass is 19.1. The molecule has 0 unspecified atom stereocenters. The Hall–Kier alpha value is -3.46. The maximum atomic E-state index is 13.1. The van der Waals surface area contributed by atoms with Crippen LogP contribution in [0.25, 0.3) is 11.3 Å². The van der Waals surface area contributed by atoms with Crippen LogP contribution in [-0.4, -0.2) is 37.7 Å². The van der Waals surface area contributed by atoms with Crippen LogP contribution in [0, 0.1) is 19.7 Å². The summed E-state index contributed by atoms with van der Waals surface area (Å²) in [6.07, 6.45) is 1.19. The number of aromatic nitrogens is 3. The third kappa shape index (κ3) is 3.65. The van der Waals surface area contributed by atoms with Gasteiger partial charge in [0.05, 0.1) is 18.8 Å². The fraction of sp³-hybridized carbons (Fsp3) is 0.211. The molecule has 0 saturated carbocycles. The van der Waals surface area contributed by atoms with Gasteiger partial charge >= 0.3 is 0 Å². The second kappa shape index (κ2) is 7.65. The lowest BCUT2D eigenvalue weighted by Crippen LogP contribution is -2.31. The molecule has 8 nitrogen and oxygen atoms in total. The number of nitrogens with two attached hydrogens (primary N) is 1. The maximum Gasteiger partial charge on any atom is 0.268 e. The van der Waals surface area contributed by atoms with Crippen molar-refractivity contribution in [1.82, 2.24) is 20.3 Å². The fourth-order valence-electron chi connectivity index (χ4n) is 3.07. The first-order valence-electron chi connectivity index (χ1n) is 8.50. The number of aliphatic hydroxyl groups excluding tert-OH is 1. The van der Waals surface area contributed by atoms with E-state index in [0.29, 0.717) is 22.4 Å². The Morgan fingerprint density at radius 1 is 1.32 bits per heavy atom. The minimum Gasteiger partial charge on any atom is -0.504 e. The average molecular weight is 385 g/mol. The number of H-pyrrole nitrogens is 1. The van der Waals surface area contributed by atoms with E-state index >= 15 is 0 Å². The molecule has 1 atom stereocenters. The van der Waals surface area contributed by atoms with Crippen molar-refractivity contribution >= 4 is 11.9 Å². The first-order chi connectivity index (χ1) is 13.3. The number of anilines is 1. The molecule has 3 rings (SSSR count).